The van der Waals surface area contributed by atoms with Crippen LogP contribution >= 0.6 is 11.8 Å². The van der Waals surface area contributed by atoms with Crippen molar-refractivity contribution in [3.05, 3.63) is 29.3 Å². The molecule has 0 aliphatic carbocycles. The van der Waals surface area contributed by atoms with Crippen LogP contribution in [-0.4, -0.2) is 35.7 Å². The molecule has 4 N–H and O–H groups in total. The Hall–Kier alpha value is -2.22. The van der Waals surface area contributed by atoms with Gasteiger partial charge in [0.1, 0.15) is 5.75 Å². The van der Waals surface area contributed by atoms with Crippen molar-refractivity contribution in [3.63, 3.8) is 0 Å². The number of nitrogens with two attached hydrogens (primary N) is 1. The van der Waals surface area contributed by atoms with Crippen LogP contribution in [0, 0.1) is 0 Å². The first-order valence-corrected chi connectivity index (χ1v) is 7.16. The van der Waals surface area contributed by atoms with Crippen molar-refractivity contribution < 1.29 is 19.4 Å². The van der Waals surface area contributed by atoms with Gasteiger partial charge in [-0.3, -0.25) is 4.79 Å². The molecule has 7 nitrogen and oxygen atoms in total. The molecule has 0 aliphatic rings. The zero-order valence-corrected chi connectivity index (χ0v) is 12.6. The maximum Gasteiger partial charge on any atom is 0.332 e. The van der Waals surface area contributed by atoms with E-state index in [1.54, 1.807) is 26.2 Å². The molecule has 114 valence electrons. The minimum atomic E-state index is -0.862. The quantitative estimate of drug-likeness (QED) is 0.520. The van der Waals surface area contributed by atoms with Crippen LogP contribution in [-0.2, 0) is 10.5 Å². The normalized spacial score (nSPS) is 11.0. The van der Waals surface area contributed by atoms with Gasteiger partial charge < -0.3 is 15.6 Å². The van der Waals surface area contributed by atoms with Crippen molar-refractivity contribution in [2.75, 3.05) is 12.9 Å². The summed E-state index contributed by atoms with van der Waals surface area (Å²) in [7, 11) is 1.55. The molecule has 0 saturated heterocycles. The Balaban J connectivity index is 2.90. The number of amides is 2. The maximum atomic E-state index is 10.6. The van der Waals surface area contributed by atoms with Crippen molar-refractivity contribution in [1.82, 2.24) is 5.43 Å². The minimum Gasteiger partial charge on any atom is -0.496 e. The summed E-state index contributed by atoms with van der Waals surface area (Å²) in [5, 5.41) is 12.5. The van der Waals surface area contributed by atoms with E-state index in [1.165, 1.54) is 11.8 Å². The van der Waals surface area contributed by atoms with Crippen molar-refractivity contribution in [3.8, 4) is 5.75 Å². The number of hydrogen-bond donors (Lipinski definition) is 3. The zero-order valence-electron chi connectivity index (χ0n) is 11.8. The number of aliphatic carboxylic acids is 1. The summed E-state index contributed by atoms with van der Waals surface area (Å²) in [5.74, 6) is 0.328. The molecule has 0 heterocycles. The summed E-state index contributed by atoms with van der Waals surface area (Å²) in [6.45, 7) is 1.73. The van der Waals surface area contributed by atoms with Crippen molar-refractivity contribution in [1.29, 1.82) is 0 Å². The summed E-state index contributed by atoms with van der Waals surface area (Å²) in [5.41, 5.74) is 9.34. The molecule has 0 radical (unpaired) electrons. The number of hydrogen-bond acceptors (Lipinski definition) is 5. The van der Waals surface area contributed by atoms with E-state index in [0.29, 0.717) is 17.2 Å². The molecule has 0 bridgehead atoms. The molecule has 0 spiro atoms. The highest BCUT2D eigenvalue weighted by Gasteiger charge is 2.08. The van der Waals surface area contributed by atoms with Crippen LogP contribution in [0.4, 0.5) is 4.79 Å². The summed E-state index contributed by atoms with van der Waals surface area (Å²) in [6.07, 6.45) is 0. The predicted octanol–water partition coefficient (Wildman–Crippen LogP) is 1.41. The third-order valence-electron chi connectivity index (χ3n) is 2.52. The van der Waals surface area contributed by atoms with E-state index in [2.05, 4.69) is 10.5 Å². The summed E-state index contributed by atoms with van der Waals surface area (Å²) in [6, 6.07) is 4.68. The van der Waals surface area contributed by atoms with E-state index >= 15 is 0 Å². The highest BCUT2D eigenvalue weighted by Crippen LogP contribution is 2.24. The zero-order chi connectivity index (χ0) is 15.8. The van der Waals surface area contributed by atoms with Crippen LogP contribution in [0.2, 0.25) is 0 Å². The monoisotopic (exact) mass is 311 g/mol. The highest BCUT2D eigenvalue weighted by molar-refractivity contribution is 7.99. The van der Waals surface area contributed by atoms with Crippen molar-refractivity contribution >= 4 is 29.5 Å². The number of thioether (sulfide) groups is 1. The topological polar surface area (TPSA) is 114 Å². The maximum absolute atomic E-state index is 10.6. The predicted molar refractivity (Wildman–Crippen MR) is 81.7 cm³/mol. The Morgan fingerprint density at radius 2 is 2.19 bits per heavy atom. The Kier molecular flexibility index (Phi) is 6.54. The van der Waals surface area contributed by atoms with E-state index in [1.807, 2.05) is 6.07 Å². The number of carboxylic acid groups (broad SMARTS) is 1. The standard InChI is InChI=1S/C13H17N3O4S/c1-8(15-16-13(14)19)9-3-4-11(20-2)10(5-9)6-21-7-12(17)18/h3-5H,6-7H2,1-2H3,(H,17,18)(H3,14,16,19)/b15-8-. The number of hydrazone groups is 1. The molecule has 1 rings (SSSR count). The van der Waals surface area contributed by atoms with E-state index in [4.69, 9.17) is 15.6 Å². The number of rotatable bonds is 7. The Morgan fingerprint density at radius 1 is 1.48 bits per heavy atom. The minimum absolute atomic E-state index is 0.0175. The lowest BCUT2D eigenvalue weighted by Crippen LogP contribution is -2.25. The number of urea groups is 1. The molecule has 8 heteroatoms. The lowest BCUT2D eigenvalue weighted by molar-refractivity contribution is -0.133. The summed E-state index contributed by atoms with van der Waals surface area (Å²) in [4.78, 5) is 21.2. The summed E-state index contributed by atoms with van der Waals surface area (Å²) >= 11 is 1.27. The van der Waals surface area contributed by atoms with E-state index in [-0.39, 0.29) is 5.75 Å². The third kappa shape index (κ3) is 5.74. The number of ether oxygens (including phenoxy) is 1. The molecule has 0 atom stereocenters. The first-order valence-electron chi connectivity index (χ1n) is 6.00. The SMILES string of the molecule is COc1ccc(/C(C)=N\NC(N)=O)cc1CSCC(=O)O. The number of primary amides is 1. The number of methoxy groups -OCH3 is 1. The molecule has 0 fully saturated rings. The lowest BCUT2D eigenvalue weighted by atomic mass is 10.1. The number of nitrogens with one attached hydrogen (secondary N) is 1. The second-order valence-electron chi connectivity index (χ2n) is 4.09. The molecule has 1 aromatic carbocycles. The second kappa shape index (κ2) is 8.15. The van der Waals surface area contributed by atoms with Gasteiger partial charge in [-0.2, -0.15) is 5.10 Å². The first-order chi connectivity index (χ1) is 9.93. The van der Waals surface area contributed by atoms with Crippen LogP contribution in [0.15, 0.2) is 23.3 Å². The summed E-state index contributed by atoms with van der Waals surface area (Å²) < 4.78 is 5.25. The van der Waals surface area contributed by atoms with E-state index in [0.717, 1.165) is 11.1 Å². The molecule has 0 saturated carbocycles. The molecule has 2 amide bonds. The molecular formula is C13H17N3O4S. The fourth-order valence-electron chi connectivity index (χ4n) is 1.57. The highest BCUT2D eigenvalue weighted by atomic mass is 32.2. The van der Waals surface area contributed by atoms with Gasteiger partial charge in [0.15, 0.2) is 0 Å². The number of carbonyl (C=O) groups is 2. The van der Waals surface area contributed by atoms with Crippen LogP contribution in [0.1, 0.15) is 18.1 Å². The third-order valence-corrected chi connectivity index (χ3v) is 3.48. The average Bonchev–Trinajstić information content (AvgIpc) is 2.44. The fourth-order valence-corrected chi connectivity index (χ4v) is 2.29. The Labute approximate surface area is 126 Å². The van der Waals surface area contributed by atoms with E-state index in [9.17, 15) is 9.59 Å². The smallest absolute Gasteiger partial charge is 0.332 e. The van der Waals surface area contributed by atoms with Crippen LogP contribution in [0.25, 0.3) is 0 Å². The number of nitrogens with zero attached hydrogens (tertiary/aromatic N) is 1. The van der Waals surface area contributed by atoms with Crippen molar-refractivity contribution in [2.45, 2.75) is 12.7 Å². The molecule has 0 aromatic heterocycles. The van der Waals surface area contributed by atoms with Crippen LogP contribution < -0.4 is 15.9 Å². The lowest BCUT2D eigenvalue weighted by Gasteiger charge is -2.10. The van der Waals surface area contributed by atoms with Crippen LogP contribution in [0.5, 0.6) is 5.75 Å². The van der Waals surface area contributed by atoms with Gasteiger partial charge in [0, 0.05) is 11.3 Å². The van der Waals surface area contributed by atoms with Gasteiger partial charge in [-0.15, -0.1) is 11.8 Å². The van der Waals surface area contributed by atoms with E-state index < -0.39 is 12.0 Å². The largest absolute Gasteiger partial charge is 0.496 e. The van der Waals surface area contributed by atoms with Gasteiger partial charge in [0.25, 0.3) is 0 Å². The molecular weight excluding hydrogens is 294 g/mol. The number of benzene rings is 1. The Bertz CT molecular complexity index is 560. The number of carbonyl (C=O) groups excluding carboxylic acids is 1. The number of carboxylic acids is 1. The van der Waals surface area contributed by atoms with Gasteiger partial charge in [-0.1, -0.05) is 0 Å². The first kappa shape index (κ1) is 16.8. The molecule has 0 aliphatic heterocycles. The van der Waals surface area contributed by atoms with Gasteiger partial charge in [0.05, 0.1) is 18.6 Å². The molecule has 21 heavy (non-hydrogen) atoms. The van der Waals surface area contributed by atoms with Gasteiger partial charge in [-0.05, 0) is 30.7 Å². The van der Waals surface area contributed by atoms with Gasteiger partial charge in [-0.25, -0.2) is 10.2 Å². The average molecular weight is 311 g/mol. The second-order valence-corrected chi connectivity index (χ2v) is 5.07. The molecule has 0 unspecified atom stereocenters. The Morgan fingerprint density at radius 3 is 2.76 bits per heavy atom. The molecule has 1 aromatic rings. The van der Waals surface area contributed by atoms with Gasteiger partial charge in [0.2, 0.25) is 0 Å². The van der Waals surface area contributed by atoms with Crippen LogP contribution in [0.3, 0.4) is 0 Å². The van der Waals surface area contributed by atoms with Gasteiger partial charge >= 0.3 is 12.0 Å². The van der Waals surface area contributed by atoms with Crippen molar-refractivity contribution in [2.24, 2.45) is 10.8 Å². The fraction of sp³-hybridized carbons (Fsp3) is 0.308.